The van der Waals surface area contributed by atoms with Gasteiger partial charge in [-0.1, -0.05) is 0 Å². The lowest BCUT2D eigenvalue weighted by Crippen LogP contribution is -2.36. The number of hydrogen-bond acceptors (Lipinski definition) is 4. The molecule has 15 heavy (non-hydrogen) atoms. The van der Waals surface area contributed by atoms with Crippen LogP contribution in [0.15, 0.2) is 6.20 Å². The summed E-state index contributed by atoms with van der Waals surface area (Å²) in [6.45, 7) is 3.01. The highest BCUT2D eigenvalue weighted by Crippen LogP contribution is 2.18. The second kappa shape index (κ2) is 5.05. The smallest absolute Gasteiger partial charge is 0.107 e. The van der Waals surface area contributed by atoms with Crippen molar-refractivity contribution in [2.24, 2.45) is 5.73 Å². The van der Waals surface area contributed by atoms with Crippen molar-refractivity contribution in [3.8, 4) is 0 Å². The maximum Gasteiger partial charge on any atom is 0.107 e. The zero-order chi connectivity index (χ0) is 10.7. The van der Waals surface area contributed by atoms with Gasteiger partial charge in [-0.2, -0.15) is 0 Å². The van der Waals surface area contributed by atoms with E-state index in [0.717, 1.165) is 19.4 Å². The molecule has 0 spiro atoms. The maximum atomic E-state index is 5.87. The molecule has 1 heterocycles. The highest BCUT2D eigenvalue weighted by Gasteiger charge is 2.17. The van der Waals surface area contributed by atoms with Crippen LogP contribution in [-0.2, 0) is 6.54 Å². The summed E-state index contributed by atoms with van der Waals surface area (Å²) in [6.07, 6.45) is 6.69. The van der Waals surface area contributed by atoms with Crippen LogP contribution in [0, 0.1) is 6.92 Å². The quantitative estimate of drug-likeness (QED) is 0.825. The number of aromatic nitrogens is 1. The van der Waals surface area contributed by atoms with E-state index in [0.29, 0.717) is 12.1 Å². The molecule has 1 aliphatic rings. The molecule has 1 aliphatic carbocycles. The molecule has 0 atom stereocenters. The lowest BCUT2D eigenvalue weighted by molar-refractivity contribution is 0.341. The fraction of sp³-hybridized carbons (Fsp3) is 0.727. The molecular formula is C11H19N3S. The molecule has 84 valence electrons. The highest BCUT2D eigenvalue weighted by molar-refractivity contribution is 7.11. The van der Waals surface area contributed by atoms with E-state index in [1.165, 1.54) is 22.7 Å². The van der Waals surface area contributed by atoms with E-state index in [2.05, 4.69) is 17.2 Å². The minimum atomic E-state index is 0.435. The summed E-state index contributed by atoms with van der Waals surface area (Å²) < 4.78 is 0. The molecule has 3 nitrogen and oxygen atoms in total. The van der Waals surface area contributed by atoms with Crippen LogP contribution in [-0.4, -0.2) is 17.1 Å². The zero-order valence-corrected chi connectivity index (χ0v) is 10.0. The van der Waals surface area contributed by atoms with Crippen molar-refractivity contribution >= 4 is 11.3 Å². The fourth-order valence-corrected chi connectivity index (χ4v) is 2.78. The molecule has 1 aromatic heterocycles. The fourth-order valence-electron chi connectivity index (χ4n) is 2.04. The zero-order valence-electron chi connectivity index (χ0n) is 9.20. The number of rotatable bonds is 3. The highest BCUT2D eigenvalue weighted by atomic mass is 32.1. The van der Waals surface area contributed by atoms with Gasteiger partial charge in [0.05, 0.1) is 0 Å². The Balaban J connectivity index is 1.74. The summed E-state index contributed by atoms with van der Waals surface area (Å²) >= 11 is 1.78. The number of thiazole rings is 1. The Kier molecular flexibility index (Phi) is 3.72. The van der Waals surface area contributed by atoms with Crippen molar-refractivity contribution in [2.75, 3.05) is 0 Å². The average Bonchev–Trinajstić information content (AvgIpc) is 2.64. The molecule has 3 N–H and O–H groups in total. The molecule has 0 radical (unpaired) electrons. The monoisotopic (exact) mass is 225 g/mol. The molecule has 1 aromatic rings. The van der Waals surface area contributed by atoms with Crippen LogP contribution < -0.4 is 11.1 Å². The Hall–Kier alpha value is -0.450. The first kappa shape index (κ1) is 11.0. The van der Waals surface area contributed by atoms with Crippen LogP contribution in [0.4, 0.5) is 0 Å². The third-order valence-electron chi connectivity index (χ3n) is 2.98. The van der Waals surface area contributed by atoms with E-state index < -0.39 is 0 Å². The van der Waals surface area contributed by atoms with Gasteiger partial charge in [-0.05, 0) is 32.6 Å². The van der Waals surface area contributed by atoms with Gasteiger partial charge in [0.2, 0.25) is 0 Å². The van der Waals surface area contributed by atoms with Crippen LogP contribution in [0.5, 0.6) is 0 Å². The molecule has 1 saturated carbocycles. The normalized spacial score (nSPS) is 26.8. The minimum Gasteiger partial charge on any atom is -0.328 e. The Bertz CT molecular complexity index is 303. The van der Waals surface area contributed by atoms with Gasteiger partial charge in [-0.25, -0.2) is 4.98 Å². The standard InChI is InChI=1S/C11H19N3S/c1-8-6-14-11(15-8)7-13-10-4-2-9(12)3-5-10/h6,9-10,13H,2-5,7,12H2,1H3. The Morgan fingerprint density at radius 3 is 2.80 bits per heavy atom. The van der Waals surface area contributed by atoms with E-state index >= 15 is 0 Å². The molecule has 0 bridgehead atoms. The third kappa shape index (κ3) is 3.26. The molecule has 0 aliphatic heterocycles. The van der Waals surface area contributed by atoms with Gasteiger partial charge in [0.25, 0.3) is 0 Å². The van der Waals surface area contributed by atoms with Gasteiger partial charge >= 0.3 is 0 Å². The van der Waals surface area contributed by atoms with Crippen LogP contribution in [0.1, 0.15) is 35.6 Å². The predicted molar refractivity (Wildman–Crippen MR) is 63.9 cm³/mol. The van der Waals surface area contributed by atoms with Crippen LogP contribution in [0.3, 0.4) is 0 Å². The maximum absolute atomic E-state index is 5.87. The summed E-state index contributed by atoms with van der Waals surface area (Å²) in [7, 11) is 0. The van der Waals surface area contributed by atoms with Crippen molar-refractivity contribution in [2.45, 2.75) is 51.2 Å². The third-order valence-corrected chi connectivity index (χ3v) is 3.90. The van der Waals surface area contributed by atoms with Gasteiger partial charge in [0, 0.05) is 29.7 Å². The number of hydrogen-bond donors (Lipinski definition) is 2. The molecule has 1 fully saturated rings. The van der Waals surface area contributed by atoms with Gasteiger partial charge in [-0.15, -0.1) is 11.3 Å². The van der Waals surface area contributed by atoms with E-state index in [4.69, 9.17) is 5.73 Å². The number of nitrogens with zero attached hydrogens (tertiary/aromatic N) is 1. The first-order valence-corrected chi connectivity index (χ1v) is 6.46. The molecule has 2 rings (SSSR count). The summed E-state index contributed by atoms with van der Waals surface area (Å²) in [4.78, 5) is 5.64. The first-order chi connectivity index (χ1) is 7.24. The van der Waals surface area contributed by atoms with E-state index in [1.807, 2.05) is 6.20 Å². The molecule has 0 aromatic carbocycles. The molecule has 0 amide bonds. The average molecular weight is 225 g/mol. The largest absolute Gasteiger partial charge is 0.328 e. The lowest BCUT2D eigenvalue weighted by atomic mass is 9.92. The summed E-state index contributed by atoms with van der Waals surface area (Å²) in [5.41, 5.74) is 5.87. The second-order valence-electron chi connectivity index (χ2n) is 4.36. The number of nitrogens with one attached hydrogen (secondary N) is 1. The van der Waals surface area contributed by atoms with Crippen LogP contribution in [0.2, 0.25) is 0 Å². The molecule has 4 heteroatoms. The Morgan fingerprint density at radius 2 is 2.20 bits per heavy atom. The summed E-state index contributed by atoms with van der Waals surface area (Å²) in [5.74, 6) is 0. The van der Waals surface area contributed by atoms with Crippen molar-refractivity contribution in [3.63, 3.8) is 0 Å². The second-order valence-corrected chi connectivity index (χ2v) is 5.68. The van der Waals surface area contributed by atoms with E-state index in [1.54, 1.807) is 11.3 Å². The van der Waals surface area contributed by atoms with Crippen molar-refractivity contribution in [3.05, 3.63) is 16.1 Å². The van der Waals surface area contributed by atoms with E-state index in [9.17, 15) is 0 Å². The topological polar surface area (TPSA) is 50.9 Å². The van der Waals surface area contributed by atoms with Gasteiger partial charge in [-0.3, -0.25) is 0 Å². The summed E-state index contributed by atoms with van der Waals surface area (Å²) in [6, 6.07) is 1.08. The SMILES string of the molecule is Cc1cnc(CNC2CCC(N)CC2)s1. The molecule has 0 unspecified atom stereocenters. The van der Waals surface area contributed by atoms with Crippen molar-refractivity contribution < 1.29 is 0 Å². The summed E-state index contributed by atoms with van der Waals surface area (Å²) in [5, 5.41) is 4.76. The molecular weight excluding hydrogens is 206 g/mol. The predicted octanol–water partition coefficient (Wildman–Crippen LogP) is 1.81. The van der Waals surface area contributed by atoms with Crippen LogP contribution >= 0.6 is 11.3 Å². The van der Waals surface area contributed by atoms with Crippen molar-refractivity contribution in [1.29, 1.82) is 0 Å². The van der Waals surface area contributed by atoms with E-state index in [-0.39, 0.29) is 0 Å². The minimum absolute atomic E-state index is 0.435. The van der Waals surface area contributed by atoms with Gasteiger partial charge in [0.15, 0.2) is 0 Å². The van der Waals surface area contributed by atoms with Gasteiger partial charge in [0.1, 0.15) is 5.01 Å². The Morgan fingerprint density at radius 1 is 1.47 bits per heavy atom. The van der Waals surface area contributed by atoms with Crippen LogP contribution in [0.25, 0.3) is 0 Å². The molecule has 0 saturated heterocycles. The van der Waals surface area contributed by atoms with Gasteiger partial charge < -0.3 is 11.1 Å². The lowest BCUT2D eigenvalue weighted by Gasteiger charge is -2.26. The number of nitrogens with two attached hydrogens (primary N) is 1. The number of aryl methyl sites for hydroxylation is 1. The van der Waals surface area contributed by atoms with Crippen molar-refractivity contribution in [1.82, 2.24) is 10.3 Å². The Labute approximate surface area is 95.1 Å². The first-order valence-electron chi connectivity index (χ1n) is 5.64.